The molecule has 0 atom stereocenters. The van der Waals surface area contributed by atoms with Crippen LogP contribution in [-0.4, -0.2) is 16.5 Å². The van der Waals surface area contributed by atoms with E-state index in [1.165, 1.54) is 0 Å². The zero-order valence-electron chi connectivity index (χ0n) is 12.0. The average Bonchev–Trinajstić information content (AvgIpc) is 2.85. The van der Waals surface area contributed by atoms with Gasteiger partial charge >= 0.3 is 0 Å². The lowest BCUT2D eigenvalue weighted by molar-refractivity contribution is 0.415. The molecule has 0 amide bonds. The smallest absolute Gasteiger partial charge is 0.137 e. The van der Waals surface area contributed by atoms with Crippen LogP contribution >= 0.6 is 0 Å². The second kappa shape index (κ2) is 5.29. The van der Waals surface area contributed by atoms with E-state index in [0.717, 1.165) is 33.9 Å². The van der Waals surface area contributed by atoms with Gasteiger partial charge in [-0.05, 0) is 48.9 Å². The van der Waals surface area contributed by atoms with E-state index in [-0.39, 0.29) is 0 Å². The number of ether oxygens (including phenoxy) is 1. The van der Waals surface area contributed by atoms with Gasteiger partial charge in [0.2, 0.25) is 0 Å². The Labute approximate surface area is 123 Å². The maximum Gasteiger partial charge on any atom is 0.137 e. The van der Waals surface area contributed by atoms with Gasteiger partial charge in [0.15, 0.2) is 0 Å². The van der Waals surface area contributed by atoms with E-state index in [9.17, 15) is 0 Å². The number of aromatic nitrogens is 2. The number of hydrogen-bond acceptors (Lipinski definition) is 3. The maximum absolute atomic E-state index is 9.09. The van der Waals surface area contributed by atoms with E-state index < -0.39 is 0 Å². The zero-order chi connectivity index (χ0) is 14.8. The number of hydrogen-bond donors (Lipinski definition) is 0. The molecule has 0 unspecified atom stereocenters. The standard InChI is InChI=1S/C17H15N3O/c1-12-8-10-20-15(7-9-18)17(19-16(20)11-12)13-3-5-14(21-2)6-4-13/h3-6,8,10-11H,7H2,1-2H3. The summed E-state index contributed by atoms with van der Waals surface area (Å²) in [4.78, 5) is 4.69. The maximum atomic E-state index is 9.09. The van der Waals surface area contributed by atoms with Gasteiger partial charge in [-0.3, -0.25) is 0 Å². The molecule has 0 bridgehead atoms. The first kappa shape index (κ1) is 13.2. The van der Waals surface area contributed by atoms with Gasteiger partial charge in [0.05, 0.1) is 31.0 Å². The van der Waals surface area contributed by atoms with Crippen molar-refractivity contribution >= 4 is 5.65 Å². The molecule has 21 heavy (non-hydrogen) atoms. The molecule has 3 aromatic rings. The lowest BCUT2D eigenvalue weighted by Gasteiger charge is -2.03. The highest BCUT2D eigenvalue weighted by Crippen LogP contribution is 2.27. The Morgan fingerprint density at radius 1 is 1.24 bits per heavy atom. The van der Waals surface area contributed by atoms with E-state index in [4.69, 9.17) is 10.00 Å². The summed E-state index contributed by atoms with van der Waals surface area (Å²) in [5.74, 6) is 0.806. The van der Waals surface area contributed by atoms with Crippen LogP contribution < -0.4 is 4.74 Å². The van der Waals surface area contributed by atoms with E-state index in [1.54, 1.807) is 7.11 Å². The van der Waals surface area contributed by atoms with Crippen molar-refractivity contribution in [3.63, 3.8) is 0 Å². The molecule has 4 nitrogen and oxygen atoms in total. The van der Waals surface area contributed by atoms with Crippen molar-refractivity contribution in [3.8, 4) is 23.1 Å². The van der Waals surface area contributed by atoms with Gasteiger partial charge in [0.25, 0.3) is 0 Å². The largest absolute Gasteiger partial charge is 0.497 e. The molecular formula is C17H15N3O. The molecule has 0 saturated carbocycles. The Morgan fingerprint density at radius 3 is 2.67 bits per heavy atom. The highest BCUT2D eigenvalue weighted by molar-refractivity contribution is 5.67. The molecular weight excluding hydrogens is 262 g/mol. The molecule has 3 rings (SSSR count). The van der Waals surface area contributed by atoms with Crippen LogP contribution in [0, 0.1) is 18.3 Å². The van der Waals surface area contributed by atoms with Crippen molar-refractivity contribution < 1.29 is 4.74 Å². The van der Waals surface area contributed by atoms with E-state index in [0.29, 0.717) is 6.42 Å². The molecule has 2 aromatic heterocycles. The number of aryl methyl sites for hydroxylation is 1. The number of rotatable bonds is 3. The molecule has 0 aliphatic rings. The highest BCUT2D eigenvalue weighted by Gasteiger charge is 2.13. The third-order valence-corrected chi connectivity index (χ3v) is 3.49. The Balaban J connectivity index is 2.20. The summed E-state index contributed by atoms with van der Waals surface area (Å²) in [6, 6.07) is 14.0. The second-order valence-electron chi connectivity index (χ2n) is 4.90. The van der Waals surface area contributed by atoms with Crippen molar-refractivity contribution in [2.45, 2.75) is 13.3 Å². The van der Waals surface area contributed by atoms with Crippen molar-refractivity contribution in [2.75, 3.05) is 7.11 Å². The molecule has 0 fully saturated rings. The fourth-order valence-electron chi connectivity index (χ4n) is 2.42. The first-order valence-corrected chi connectivity index (χ1v) is 6.72. The van der Waals surface area contributed by atoms with Crippen LogP contribution in [0.5, 0.6) is 5.75 Å². The van der Waals surface area contributed by atoms with E-state index >= 15 is 0 Å². The summed E-state index contributed by atoms with van der Waals surface area (Å²) in [6.45, 7) is 2.03. The van der Waals surface area contributed by atoms with Crippen molar-refractivity contribution in [1.82, 2.24) is 9.38 Å². The van der Waals surface area contributed by atoms with Crippen molar-refractivity contribution in [2.24, 2.45) is 0 Å². The van der Waals surface area contributed by atoms with Crippen LogP contribution in [0.15, 0.2) is 42.6 Å². The monoisotopic (exact) mass is 277 g/mol. The van der Waals surface area contributed by atoms with Crippen LogP contribution in [0.1, 0.15) is 11.3 Å². The topological polar surface area (TPSA) is 50.3 Å². The molecule has 0 radical (unpaired) electrons. The number of fused-ring (bicyclic) bond motifs is 1. The van der Waals surface area contributed by atoms with Crippen LogP contribution in [0.25, 0.3) is 16.9 Å². The molecule has 104 valence electrons. The fraction of sp³-hybridized carbons (Fsp3) is 0.176. The van der Waals surface area contributed by atoms with Gasteiger partial charge in [-0.2, -0.15) is 5.26 Å². The minimum Gasteiger partial charge on any atom is -0.497 e. The van der Waals surface area contributed by atoms with Gasteiger partial charge in [-0.25, -0.2) is 4.98 Å². The zero-order valence-corrected chi connectivity index (χ0v) is 12.0. The number of nitrogens with zero attached hydrogens (tertiary/aromatic N) is 3. The third-order valence-electron chi connectivity index (χ3n) is 3.49. The summed E-state index contributed by atoms with van der Waals surface area (Å²) in [5.41, 5.74) is 4.77. The summed E-state index contributed by atoms with van der Waals surface area (Å²) in [5, 5.41) is 9.09. The van der Waals surface area contributed by atoms with Gasteiger partial charge in [-0.1, -0.05) is 0 Å². The molecule has 0 aliphatic carbocycles. The fourth-order valence-corrected chi connectivity index (χ4v) is 2.42. The highest BCUT2D eigenvalue weighted by atomic mass is 16.5. The second-order valence-corrected chi connectivity index (χ2v) is 4.90. The predicted octanol–water partition coefficient (Wildman–Crippen LogP) is 3.38. The average molecular weight is 277 g/mol. The molecule has 4 heteroatoms. The lowest BCUT2D eigenvalue weighted by atomic mass is 10.1. The lowest BCUT2D eigenvalue weighted by Crippen LogP contribution is -1.93. The van der Waals surface area contributed by atoms with E-state index in [2.05, 4.69) is 11.1 Å². The Morgan fingerprint density at radius 2 is 2.00 bits per heavy atom. The minimum absolute atomic E-state index is 0.325. The predicted molar refractivity (Wildman–Crippen MR) is 81.2 cm³/mol. The van der Waals surface area contributed by atoms with Crippen molar-refractivity contribution in [1.29, 1.82) is 5.26 Å². The number of imidazole rings is 1. The quantitative estimate of drug-likeness (QED) is 0.737. The molecule has 0 N–H and O–H groups in total. The van der Waals surface area contributed by atoms with Crippen LogP contribution in [0.3, 0.4) is 0 Å². The van der Waals surface area contributed by atoms with Crippen molar-refractivity contribution in [3.05, 3.63) is 53.9 Å². The molecule has 0 spiro atoms. The normalized spacial score (nSPS) is 10.5. The molecule has 2 heterocycles. The Bertz CT molecular complexity index is 826. The van der Waals surface area contributed by atoms with Crippen LogP contribution in [-0.2, 0) is 6.42 Å². The van der Waals surface area contributed by atoms with Gasteiger partial charge in [-0.15, -0.1) is 0 Å². The number of pyridine rings is 1. The van der Waals surface area contributed by atoms with Crippen LogP contribution in [0.4, 0.5) is 0 Å². The minimum atomic E-state index is 0.325. The Hall–Kier alpha value is -2.80. The van der Waals surface area contributed by atoms with E-state index in [1.807, 2.05) is 53.9 Å². The van der Waals surface area contributed by atoms with Gasteiger partial charge in [0, 0.05) is 11.8 Å². The molecule has 1 aromatic carbocycles. The number of methoxy groups -OCH3 is 1. The summed E-state index contributed by atoms with van der Waals surface area (Å²) in [7, 11) is 1.64. The molecule has 0 saturated heterocycles. The van der Waals surface area contributed by atoms with Crippen LogP contribution in [0.2, 0.25) is 0 Å². The number of benzene rings is 1. The summed E-state index contributed by atoms with van der Waals surface area (Å²) in [6.07, 6.45) is 2.29. The summed E-state index contributed by atoms with van der Waals surface area (Å²) >= 11 is 0. The first-order valence-electron chi connectivity index (χ1n) is 6.72. The Kier molecular flexibility index (Phi) is 3.33. The van der Waals surface area contributed by atoms with Gasteiger partial charge in [0.1, 0.15) is 11.4 Å². The van der Waals surface area contributed by atoms with Gasteiger partial charge < -0.3 is 9.14 Å². The SMILES string of the molecule is COc1ccc(-c2nc3cc(C)ccn3c2CC#N)cc1. The first-order chi connectivity index (χ1) is 10.2. The third kappa shape index (κ3) is 2.34. The molecule has 0 aliphatic heterocycles. The summed E-state index contributed by atoms with van der Waals surface area (Å²) < 4.78 is 7.16. The number of nitriles is 1.